The van der Waals surface area contributed by atoms with Crippen molar-refractivity contribution in [3.05, 3.63) is 12.7 Å². The van der Waals surface area contributed by atoms with Gasteiger partial charge in [0.05, 0.1) is 0 Å². The number of oxime groups is 1. The van der Waals surface area contributed by atoms with E-state index in [1.165, 1.54) is 6.21 Å². The fraction of sp³-hybridized carbons (Fsp3) is 0.667. The molecule has 0 aromatic heterocycles. The first-order chi connectivity index (χ1) is 5.04. The molecule has 2 nitrogen and oxygen atoms in total. The van der Waals surface area contributed by atoms with E-state index in [1.54, 1.807) is 0 Å². The highest BCUT2D eigenvalue weighted by Gasteiger charge is 2.21. The fourth-order valence-electron chi connectivity index (χ4n) is 0.781. The van der Waals surface area contributed by atoms with Crippen LogP contribution in [0.5, 0.6) is 0 Å². The molecule has 0 aliphatic carbocycles. The Bertz CT molecular complexity index is 150. The van der Waals surface area contributed by atoms with E-state index in [0.717, 1.165) is 6.42 Å². The SMILES string of the molecule is C=CC(C)C(C)(C)C/C=N/O. The molecule has 0 aromatic rings. The predicted octanol–water partition coefficient (Wildman–Crippen LogP) is 2.68. The van der Waals surface area contributed by atoms with Crippen LogP contribution in [0.4, 0.5) is 0 Å². The molecular weight excluding hydrogens is 138 g/mol. The van der Waals surface area contributed by atoms with Crippen molar-refractivity contribution < 1.29 is 5.21 Å². The van der Waals surface area contributed by atoms with Crippen molar-refractivity contribution in [3.8, 4) is 0 Å². The van der Waals surface area contributed by atoms with Gasteiger partial charge in [-0.15, -0.1) is 11.7 Å². The predicted molar refractivity (Wildman–Crippen MR) is 48.0 cm³/mol. The molecule has 0 saturated carbocycles. The molecule has 64 valence electrons. The summed E-state index contributed by atoms with van der Waals surface area (Å²) in [7, 11) is 0. The normalized spacial score (nSPS) is 15.2. The maximum Gasteiger partial charge on any atom is 0.0441 e. The molecule has 11 heavy (non-hydrogen) atoms. The summed E-state index contributed by atoms with van der Waals surface area (Å²) >= 11 is 0. The number of hydrogen-bond donors (Lipinski definition) is 1. The van der Waals surface area contributed by atoms with E-state index in [9.17, 15) is 0 Å². The first kappa shape index (κ1) is 10.2. The second-order valence-electron chi connectivity index (χ2n) is 3.52. The lowest BCUT2D eigenvalue weighted by Gasteiger charge is -2.27. The Labute approximate surface area is 68.6 Å². The largest absolute Gasteiger partial charge is 0.411 e. The van der Waals surface area contributed by atoms with Crippen molar-refractivity contribution >= 4 is 6.21 Å². The Morgan fingerprint density at radius 3 is 2.55 bits per heavy atom. The summed E-state index contributed by atoms with van der Waals surface area (Å²) in [6, 6.07) is 0. The summed E-state index contributed by atoms with van der Waals surface area (Å²) in [5.41, 5.74) is 0.133. The molecule has 0 saturated heterocycles. The quantitative estimate of drug-likeness (QED) is 0.288. The third-order valence-corrected chi connectivity index (χ3v) is 2.29. The van der Waals surface area contributed by atoms with Gasteiger partial charge in [0, 0.05) is 6.21 Å². The molecule has 1 N–H and O–H groups in total. The van der Waals surface area contributed by atoms with Gasteiger partial charge in [-0.05, 0) is 17.8 Å². The average Bonchev–Trinajstić information content (AvgIpc) is 1.99. The van der Waals surface area contributed by atoms with Gasteiger partial charge in [0.25, 0.3) is 0 Å². The van der Waals surface area contributed by atoms with Gasteiger partial charge in [0.2, 0.25) is 0 Å². The standard InChI is InChI=1S/C9H17NO/c1-5-8(2)9(3,4)6-7-10-11/h5,7-8,11H,1,6H2,2-4H3/b10-7+. The van der Waals surface area contributed by atoms with Gasteiger partial charge >= 0.3 is 0 Å². The summed E-state index contributed by atoms with van der Waals surface area (Å²) < 4.78 is 0. The lowest BCUT2D eigenvalue weighted by Crippen LogP contribution is -2.20. The lowest BCUT2D eigenvalue weighted by atomic mass is 9.78. The molecule has 2 heteroatoms. The van der Waals surface area contributed by atoms with Gasteiger partial charge in [-0.25, -0.2) is 0 Å². The molecule has 0 rings (SSSR count). The van der Waals surface area contributed by atoms with Crippen LogP contribution in [0, 0.1) is 11.3 Å². The fourth-order valence-corrected chi connectivity index (χ4v) is 0.781. The summed E-state index contributed by atoms with van der Waals surface area (Å²) in [6.45, 7) is 10.1. The van der Waals surface area contributed by atoms with Gasteiger partial charge in [-0.2, -0.15) is 0 Å². The molecular formula is C9H17NO. The van der Waals surface area contributed by atoms with Crippen LogP contribution in [0.25, 0.3) is 0 Å². The van der Waals surface area contributed by atoms with E-state index < -0.39 is 0 Å². The van der Waals surface area contributed by atoms with E-state index >= 15 is 0 Å². The maximum atomic E-state index is 8.23. The van der Waals surface area contributed by atoms with Gasteiger partial charge in [-0.1, -0.05) is 26.8 Å². The topological polar surface area (TPSA) is 32.6 Å². The van der Waals surface area contributed by atoms with Crippen molar-refractivity contribution in [2.75, 3.05) is 0 Å². The molecule has 0 spiro atoms. The van der Waals surface area contributed by atoms with E-state index in [2.05, 4.69) is 32.5 Å². The number of rotatable bonds is 4. The highest BCUT2D eigenvalue weighted by molar-refractivity contribution is 5.57. The van der Waals surface area contributed by atoms with Crippen LogP contribution in [-0.4, -0.2) is 11.4 Å². The zero-order valence-electron chi connectivity index (χ0n) is 7.54. The van der Waals surface area contributed by atoms with Gasteiger partial charge in [-0.3, -0.25) is 0 Å². The van der Waals surface area contributed by atoms with Crippen LogP contribution >= 0.6 is 0 Å². The monoisotopic (exact) mass is 155 g/mol. The van der Waals surface area contributed by atoms with Crippen LogP contribution in [0.3, 0.4) is 0 Å². The summed E-state index contributed by atoms with van der Waals surface area (Å²) in [6.07, 6.45) is 4.22. The Hall–Kier alpha value is -0.790. The second-order valence-corrected chi connectivity index (χ2v) is 3.52. The average molecular weight is 155 g/mol. The smallest absolute Gasteiger partial charge is 0.0441 e. The lowest BCUT2D eigenvalue weighted by molar-refractivity contribution is 0.282. The Morgan fingerprint density at radius 2 is 2.18 bits per heavy atom. The van der Waals surface area contributed by atoms with Gasteiger partial charge < -0.3 is 5.21 Å². The van der Waals surface area contributed by atoms with Gasteiger partial charge in [0.15, 0.2) is 0 Å². The van der Waals surface area contributed by atoms with Crippen LogP contribution in [0.1, 0.15) is 27.2 Å². The maximum absolute atomic E-state index is 8.23. The summed E-state index contributed by atoms with van der Waals surface area (Å²) in [5.74, 6) is 0.431. The van der Waals surface area contributed by atoms with Crippen molar-refractivity contribution in [2.45, 2.75) is 27.2 Å². The van der Waals surface area contributed by atoms with E-state index in [1.807, 2.05) is 6.08 Å². The molecule has 1 atom stereocenters. The van der Waals surface area contributed by atoms with E-state index in [-0.39, 0.29) is 5.41 Å². The molecule has 1 unspecified atom stereocenters. The van der Waals surface area contributed by atoms with Gasteiger partial charge in [0.1, 0.15) is 0 Å². The summed E-state index contributed by atoms with van der Waals surface area (Å²) in [5, 5.41) is 11.2. The highest BCUT2D eigenvalue weighted by Crippen LogP contribution is 2.29. The third-order valence-electron chi connectivity index (χ3n) is 2.29. The minimum atomic E-state index is 0.133. The number of hydrogen-bond acceptors (Lipinski definition) is 2. The van der Waals surface area contributed by atoms with Crippen molar-refractivity contribution in [3.63, 3.8) is 0 Å². The number of nitrogens with zero attached hydrogens (tertiary/aromatic N) is 1. The zero-order chi connectivity index (χ0) is 8.91. The van der Waals surface area contributed by atoms with Crippen LogP contribution in [0.2, 0.25) is 0 Å². The summed E-state index contributed by atoms with van der Waals surface area (Å²) in [4.78, 5) is 0. The highest BCUT2D eigenvalue weighted by atomic mass is 16.4. The zero-order valence-corrected chi connectivity index (χ0v) is 7.54. The molecule has 0 aliphatic rings. The first-order valence-corrected chi connectivity index (χ1v) is 3.83. The first-order valence-electron chi connectivity index (χ1n) is 3.83. The molecule has 0 amide bonds. The Morgan fingerprint density at radius 1 is 1.64 bits per heavy atom. The molecule has 0 heterocycles. The Balaban J connectivity index is 4.08. The second kappa shape index (κ2) is 4.16. The minimum absolute atomic E-state index is 0.133. The molecule has 0 radical (unpaired) electrons. The Kier molecular flexibility index (Phi) is 3.86. The van der Waals surface area contributed by atoms with E-state index in [0.29, 0.717) is 5.92 Å². The van der Waals surface area contributed by atoms with Crippen LogP contribution in [0.15, 0.2) is 17.8 Å². The van der Waals surface area contributed by atoms with Crippen LogP contribution < -0.4 is 0 Å². The van der Waals surface area contributed by atoms with Crippen molar-refractivity contribution in [1.29, 1.82) is 0 Å². The minimum Gasteiger partial charge on any atom is -0.411 e. The van der Waals surface area contributed by atoms with Crippen LogP contribution in [-0.2, 0) is 0 Å². The van der Waals surface area contributed by atoms with Crippen molar-refractivity contribution in [1.82, 2.24) is 0 Å². The van der Waals surface area contributed by atoms with E-state index in [4.69, 9.17) is 5.21 Å². The third kappa shape index (κ3) is 3.21. The number of allylic oxidation sites excluding steroid dienone is 1. The van der Waals surface area contributed by atoms with Crippen molar-refractivity contribution in [2.24, 2.45) is 16.5 Å². The molecule has 0 fully saturated rings. The molecule has 0 aliphatic heterocycles. The molecule has 0 aromatic carbocycles. The molecule has 0 bridgehead atoms.